The molecule has 0 atom stereocenters. The number of amides is 1. The minimum Gasteiger partial charge on any atom is -0.495 e. The van der Waals surface area contributed by atoms with Gasteiger partial charge in [0.2, 0.25) is 5.91 Å². The van der Waals surface area contributed by atoms with E-state index in [2.05, 4.69) is 30.9 Å². The van der Waals surface area contributed by atoms with Gasteiger partial charge in [-0.2, -0.15) is 5.10 Å². The van der Waals surface area contributed by atoms with E-state index in [-0.39, 0.29) is 11.8 Å². The van der Waals surface area contributed by atoms with Crippen molar-refractivity contribution in [1.82, 2.24) is 24.8 Å². The fraction of sp³-hybridized carbons (Fsp3) is 0.250. The Morgan fingerprint density at radius 1 is 1.24 bits per heavy atom. The molecule has 2 N–H and O–H groups in total. The number of methoxy groups -OCH3 is 1. The number of aromatic nitrogens is 5. The molecule has 0 spiro atoms. The zero-order valence-corrected chi connectivity index (χ0v) is 16.0. The predicted molar refractivity (Wildman–Crippen MR) is 109 cm³/mol. The first-order valence-corrected chi connectivity index (χ1v) is 9.35. The molecule has 4 aromatic heterocycles. The number of fused-ring (bicyclic) bond motifs is 2. The number of pyridine rings is 2. The van der Waals surface area contributed by atoms with Crippen molar-refractivity contribution in [3.8, 4) is 17.0 Å². The number of ether oxygens (including phenoxy) is 1. The van der Waals surface area contributed by atoms with Gasteiger partial charge < -0.3 is 15.4 Å². The lowest BCUT2D eigenvalue weighted by atomic mass is 10.1. The first kappa shape index (κ1) is 17.4. The Morgan fingerprint density at radius 2 is 2.10 bits per heavy atom. The highest BCUT2D eigenvalue weighted by molar-refractivity contribution is 6.01. The summed E-state index contributed by atoms with van der Waals surface area (Å²) in [6.45, 7) is 0. The second-order valence-corrected chi connectivity index (χ2v) is 6.99. The lowest BCUT2D eigenvalue weighted by molar-refractivity contribution is -0.117. The third-order valence-corrected chi connectivity index (χ3v) is 5.01. The number of anilines is 2. The van der Waals surface area contributed by atoms with Crippen LogP contribution in [0.4, 0.5) is 11.6 Å². The van der Waals surface area contributed by atoms with Crippen molar-refractivity contribution in [2.75, 3.05) is 24.8 Å². The van der Waals surface area contributed by atoms with Gasteiger partial charge in [-0.3, -0.25) is 4.79 Å². The first-order chi connectivity index (χ1) is 14.2. The van der Waals surface area contributed by atoms with Gasteiger partial charge in [-0.25, -0.2) is 9.50 Å². The van der Waals surface area contributed by atoms with E-state index >= 15 is 0 Å². The molecule has 0 radical (unpaired) electrons. The van der Waals surface area contributed by atoms with Crippen LogP contribution in [0.5, 0.6) is 5.75 Å². The maximum atomic E-state index is 12.1. The Labute approximate surface area is 166 Å². The molecule has 29 heavy (non-hydrogen) atoms. The van der Waals surface area contributed by atoms with E-state index in [1.165, 1.54) is 0 Å². The summed E-state index contributed by atoms with van der Waals surface area (Å²) in [4.78, 5) is 16.6. The van der Waals surface area contributed by atoms with Crippen LogP contribution in [-0.2, 0) is 4.79 Å². The van der Waals surface area contributed by atoms with Crippen LogP contribution in [0.2, 0.25) is 0 Å². The molecule has 0 saturated heterocycles. The predicted octanol–water partition coefficient (Wildman–Crippen LogP) is 2.74. The number of carbonyl (C=O) groups is 1. The highest BCUT2D eigenvalue weighted by atomic mass is 16.5. The van der Waals surface area contributed by atoms with E-state index in [1.54, 1.807) is 24.9 Å². The lowest BCUT2D eigenvalue weighted by Gasteiger charge is -2.09. The molecular formula is C20H19N7O2. The van der Waals surface area contributed by atoms with Crippen LogP contribution in [-0.4, -0.2) is 44.9 Å². The van der Waals surface area contributed by atoms with Crippen molar-refractivity contribution in [3.63, 3.8) is 0 Å². The van der Waals surface area contributed by atoms with Crippen molar-refractivity contribution < 1.29 is 9.53 Å². The van der Waals surface area contributed by atoms with Gasteiger partial charge >= 0.3 is 0 Å². The number of rotatable bonds is 5. The summed E-state index contributed by atoms with van der Waals surface area (Å²) in [5.74, 6) is 1.83. The van der Waals surface area contributed by atoms with Gasteiger partial charge in [0.25, 0.3) is 0 Å². The van der Waals surface area contributed by atoms with Crippen LogP contribution >= 0.6 is 0 Å². The molecular weight excluding hydrogens is 370 g/mol. The van der Waals surface area contributed by atoms with Gasteiger partial charge in [0.1, 0.15) is 11.3 Å². The summed E-state index contributed by atoms with van der Waals surface area (Å²) in [6.07, 6.45) is 5.42. The summed E-state index contributed by atoms with van der Waals surface area (Å²) in [5, 5.41) is 19.8. The normalized spacial score (nSPS) is 13.6. The van der Waals surface area contributed by atoms with Gasteiger partial charge in [-0.1, -0.05) is 0 Å². The second kappa shape index (κ2) is 6.69. The van der Waals surface area contributed by atoms with Gasteiger partial charge in [0, 0.05) is 30.1 Å². The molecule has 146 valence electrons. The molecule has 0 aromatic carbocycles. The molecule has 1 fully saturated rings. The third-order valence-electron chi connectivity index (χ3n) is 5.01. The molecule has 4 heterocycles. The van der Waals surface area contributed by atoms with E-state index in [1.807, 2.05) is 30.5 Å². The zero-order chi connectivity index (χ0) is 20.0. The third kappa shape index (κ3) is 3.10. The van der Waals surface area contributed by atoms with Gasteiger partial charge in [0.05, 0.1) is 24.5 Å². The van der Waals surface area contributed by atoms with E-state index in [9.17, 15) is 4.79 Å². The summed E-state index contributed by atoms with van der Waals surface area (Å²) in [6, 6.07) is 7.62. The lowest BCUT2D eigenvalue weighted by Crippen LogP contribution is -2.14. The second-order valence-electron chi connectivity index (χ2n) is 6.99. The van der Waals surface area contributed by atoms with Gasteiger partial charge in [-0.05, 0) is 37.1 Å². The summed E-state index contributed by atoms with van der Waals surface area (Å²) in [7, 11) is 3.40. The Hall–Kier alpha value is -3.75. The Kier molecular flexibility index (Phi) is 4.01. The molecule has 0 aliphatic heterocycles. The average molecular weight is 389 g/mol. The van der Waals surface area contributed by atoms with Crippen LogP contribution < -0.4 is 15.4 Å². The molecule has 5 rings (SSSR count). The smallest absolute Gasteiger partial charge is 0.228 e. The van der Waals surface area contributed by atoms with E-state index in [0.29, 0.717) is 17.2 Å². The van der Waals surface area contributed by atoms with Crippen LogP contribution in [0, 0.1) is 5.92 Å². The maximum Gasteiger partial charge on any atom is 0.228 e. The van der Waals surface area contributed by atoms with Crippen LogP contribution in [0.3, 0.4) is 0 Å². The van der Waals surface area contributed by atoms with Gasteiger partial charge in [-0.15, -0.1) is 10.2 Å². The van der Waals surface area contributed by atoms with Crippen molar-refractivity contribution in [1.29, 1.82) is 0 Å². The number of hydrogen-bond acceptors (Lipinski definition) is 7. The standard InChI is InChI=1S/C20H19N7O2/c1-21-19-18-14(8-17(24-25-18)23-20(28)11-3-4-11)15(9-22-19)16-7-12-5-6-13(29-2)10-27(12)26-16/h5-11H,3-4H2,1-2H3,(H,21,22)(H,23,24,28). The minimum absolute atomic E-state index is 0.0112. The monoisotopic (exact) mass is 389 g/mol. The van der Waals surface area contributed by atoms with Gasteiger partial charge in [0.15, 0.2) is 11.6 Å². The summed E-state index contributed by atoms with van der Waals surface area (Å²) < 4.78 is 7.04. The largest absolute Gasteiger partial charge is 0.495 e. The number of carbonyl (C=O) groups excluding carboxylic acids is 1. The molecule has 1 aliphatic rings. The van der Waals surface area contributed by atoms with Crippen molar-refractivity contribution in [2.45, 2.75) is 12.8 Å². The van der Waals surface area contributed by atoms with E-state index in [4.69, 9.17) is 4.74 Å². The topological polar surface area (TPSA) is 106 Å². The quantitative estimate of drug-likeness (QED) is 0.540. The Bertz CT molecular complexity index is 1250. The summed E-state index contributed by atoms with van der Waals surface area (Å²) >= 11 is 0. The van der Waals surface area contributed by atoms with Crippen LogP contribution in [0.25, 0.3) is 27.7 Å². The maximum absolute atomic E-state index is 12.1. The molecule has 9 heteroatoms. The summed E-state index contributed by atoms with van der Waals surface area (Å²) in [5.41, 5.74) is 3.09. The molecule has 1 saturated carbocycles. The van der Waals surface area contributed by atoms with Crippen molar-refractivity contribution in [3.05, 3.63) is 36.7 Å². The number of nitrogens with one attached hydrogen (secondary N) is 2. The SMILES string of the molecule is CNc1ncc(-c2cc3ccc(OC)cn3n2)c2cc(NC(=O)C3CC3)nnc12. The average Bonchev–Trinajstić information content (AvgIpc) is 3.51. The van der Waals surface area contributed by atoms with Crippen molar-refractivity contribution in [2.24, 2.45) is 5.92 Å². The minimum atomic E-state index is -0.0112. The Balaban J connectivity index is 1.64. The first-order valence-electron chi connectivity index (χ1n) is 9.35. The fourth-order valence-electron chi connectivity index (χ4n) is 3.27. The molecule has 0 unspecified atom stereocenters. The zero-order valence-electron chi connectivity index (χ0n) is 16.0. The van der Waals surface area contributed by atoms with E-state index in [0.717, 1.165) is 40.8 Å². The highest BCUT2D eigenvalue weighted by Gasteiger charge is 2.30. The van der Waals surface area contributed by atoms with E-state index < -0.39 is 0 Å². The van der Waals surface area contributed by atoms with Crippen molar-refractivity contribution >= 4 is 34.0 Å². The highest BCUT2D eigenvalue weighted by Crippen LogP contribution is 2.33. The molecule has 9 nitrogen and oxygen atoms in total. The molecule has 4 aromatic rings. The number of hydrogen-bond donors (Lipinski definition) is 2. The molecule has 0 bridgehead atoms. The molecule has 1 aliphatic carbocycles. The Morgan fingerprint density at radius 3 is 2.86 bits per heavy atom. The fourth-order valence-corrected chi connectivity index (χ4v) is 3.27. The van der Waals surface area contributed by atoms with Crippen LogP contribution in [0.1, 0.15) is 12.8 Å². The van der Waals surface area contributed by atoms with Crippen LogP contribution in [0.15, 0.2) is 36.7 Å². The number of nitrogens with zero attached hydrogens (tertiary/aromatic N) is 5. The molecule has 1 amide bonds.